The molecule has 1 aliphatic carbocycles. The molecule has 0 amide bonds. The Balaban J connectivity index is -0.000000400. The van der Waals surface area contributed by atoms with Crippen LogP contribution in [0.4, 0.5) is 0 Å². The fourth-order valence-corrected chi connectivity index (χ4v) is 2.75. The molecule has 150 valence electrons. The van der Waals surface area contributed by atoms with Crippen molar-refractivity contribution in [3.63, 3.8) is 0 Å². The van der Waals surface area contributed by atoms with Crippen molar-refractivity contribution in [3.8, 4) is 0 Å². The van der Waals surface area contributed by atoms with Crippen molar-refractivity contribution in [1.82, 2.24) is 0 Å². The van der Waals surface area contributed by atoms with Crippen molar-refractivity contribution in [3.05, 3.63) is 58.2 Å². The number of halogens is 2. The molecular formula is C24H36Cl2Ti. The molecule has 0 radical (unpaired) electrons. The second-order valence-corrected chi connectivity index (χ2v) is 9.60. The van der Waals surface area contributed by atoms with Gasteiger partial charge in [0, 0.05) is 0 Å². The van der Waals surface area contributed by atoms with Crippen molar-refractivity contribution < 1.29 is 46.5 Å². The van der Waals surface area contributed by atoms with E-state index in [-0.39, 0.29) is 62.8 Å². The minimum Gasteiger partial charge on any atom is -1.00 e. The van der Waals surface area contributed by atoms with Crippen LogP contribution in [0.1, 0.15) is 87.3 Å². The minimum atomic E-state index is 0. The zero-order valence-electron chi connectivity index (χ0n) is 19.0. The van der Waals surface area contributed by atoms with Gasteiger partial charge in [-0.25, -0.2) is 5.57 Å². The van der Waals surface area contributed by atoms with Gasteiger partial charge in [0.1, 0.15) is 0 Å². The van der Waals surface area contributed by atoms with Crippen LogP contribution >= 0.6 is 0 Å². The molecule has 0 heterocycles. The molecule has 0 unspecified atom stereocenters. The van der Waals surface area contributed by atoms with Crippen LogP contribution < -0.4 is 24.8 Å². The van der Waals surface area contributed by atoms with E-state index in [4.69, 9.17) is 0 Å². The van der Waals surface area contributed by atoms with Gasteiger partial charge in [-0.05, 0) is 10.8 Å². The first-order chi connectivity index (χ1) is 10.7. The quantitative estimate of drug-likeness (QED) is 0.418. The van der Waals surface area contributed by atoms with Gasteiger partial charge in [-0.1, -0.05) is 74.7 Å². The standard InChI is InChI=1S/C14H21.C10H15.2ClH.Ti/c1-13(2,3)11-8-7-9-12(10-11)14(4,5)6;1-7-6-10(4,5)9(3)8(7)2;;;/h7-9H,1-6H3;1-5H3;2*1H;/q2*-1;;;+4/p-2. The van der Waals surface area contributed by atoms with Crippen molar-refractivity contribution in [2.45, 2.75) is 87.0 Å². The van der Waals surface area contributed by atoms with Crippen LogP contribution in [0.15, 0.2) is 34.9 Å². The zero-order valence-corrected chi connectivity index (χ0v) is 22.1. The van der Waals surface area contributed by atoms with Gasteiger partial charge in [-0.15, -0.1) is 6.92 Å². The van der Waals surface area contributed by atoms with Crippen LogP contribution in [0.5, 0.6) is 0 Å². The third-order valence-electron chi connectivity index (χ3n) is 4.97. The molecule has 0 atom stereocenters. The van der Waals surface area contributed by atoms with Gasteiger partial charge in [0.15, 0.2) is 0 Å². The first-order valence-corrected chi connectivity index (χ1v) is 8.99. The van der Waals surface area contributed by atoms with Crippen LogP contribution in [0.25, 0.3) is 0 Å². The molecule has 27 heavy (non-hydrogen) atoms. The Morgan fingerprint density at radius 2 is 1.15 bits per heavy atom. The third kappa shape index (κ3) is 8.91. The Kier molecular flexibility index (Phi) is 13.2. The van der Waals surface area contributed by atoms with Crippen LogP contribution in [0.3, 0.4) is 0 Å². The van der Waals surface area contributed by atoms with Crippen LogP contribution in [0.2, 0.25) is 0 Å². The molecule has 0 aromatic heterocycles. The minimum absolute atomic E-state index is 0. The van der Waals surface area contributed by atoms with Crippen molar-refractivity contribution >= 4 is 0 Å². The van der Waals surface area contributed by atoms with E-state index in [9.17, 15) is 0 Å². The Morgan fingerprint density at radius 1 is 0.778 bits per heavy atom. The normalized spacial score (nSPS) is 15.4. The number of allylic oxidation sites excluding steroid dienone is 4. The molecule has 0 bridgehead atoms. The molecule has 0 spiro atoms. The Morgan fingerprint density at radius 3 is 1.33 bits per heavy atom. The Bertz CT molecular complexity index is 624. The monoisotopic (exact) mass is 442 g/mol. The summed E-state index contributed by atoms with van der Waals surface area (Å²) in [6.07, 6.45) is 3.44. The molecule has 0 nitrogen and oxygen atoms in total. The Hall–Kier alpha value is -0.00571. The average Bonchev–Trinajstić information content (AvgIpc) is 2.60. The topological polar surface area (TPSA) is 0 Å². The van der Waals surface area contributed by atoms with Gasteiger partial charge in [0.25, 0.3) is 0 Å². The van der Waals surface area contributed by atoms with E-state index >= 15 is 0 Å². The fourth-order valence-electron chi connectivity index (χ4n) is 2.75. The summed E-state index contributed by atoms with van der Waals surface area (Å²) in [5.74, 6) is 0. The van der Waals surface area contributed by atoms with Crippen LogP contribution in [-0.4, -0.2) is 0 Å². The molecule has 0 fully saturated rings. The van der Waals surface area contributed by atoms with E-state index in [2.05, 4.69) is 107 Å². The van der Waals surface area contributed by atoms with Crippen LogP contribution in [0, 0.1) is 17.6 Å². The summed E-state index contributed by atoms with van der Waals surface area (Å²) >= 11 is 0. The molecule has 0 saturated carbocycles. The molecule has 2 rings (SSSR count). The van der Waals surface area contributed by atoms with Crippen molar-refractivity contribution in [2.24, 2.45) is 5.41 Å². The van der Waals surface area contributed by atoms with E-state index < -0.39 is 0 Å². The molecule has 1 aromatic carbocycles. The van der Waals surface area contributed by atoms with E-state index in [1.807, 2.05) is 0 Å². The SMILES string of the molecule is CC(C)(C)c1[c-]c(C(C)(C)C)ccc1.CC1=[C-]C(C)(C)C(C)=C1C.[Cl-].[Cl-].[Ti+4]. The summed E-state index contributed by atoms with van der Waals surface area (Å²) < 4.78 is 0. The molecule has 0 N–H and O–H groups in total. The second-order valence-electron chi connectivity index (χ2n) is 9.60. The van der Waals surface area contributed by atoms with Crippen molar-refractivity contribution in [1.29, 1.82) is 0 Å². The van der Waals surface area contributed by atoms with Gasteiger partial charge in [0.05, 0.1) is 0 Å². The third-order valence-corrected chi connectivity index (χ3v) is 4.97. The average molecular weight is 443 g/mol. The first-order valence-electron chi connectivity index (χ1n) is 8.99. The largest absolute Gasteiger partial charge is 4.00 e. The second kappa shape index (κ2) is 11.2. The number of rotatable bonds is 0. The smallest absolute Gasteiger partial charge is 1.00 e. The van der Waals surface area contributed by atoms with Gasteiger partial charge >= 0.3 is 21.7 Å². The maximum Gasteiger partial charge on any atom is 4.00 e. The van der Waals surface area contributed by atoms with Gasteiger partial charge < -0.3 is 24.8 Å². The number of hydrogen-bond donors (Lipinski definition) is 0. The van der Waals surface area contributed by atoms with E-state index in [0.717, 1.165) is 0 Å². The predicted octanol–water partition coefficient (Wildman–Crippen LogP) is 1.20. The molecular weight excluding hydrogens is 407 g/mol. The molecule has 0 saturated heterocycles. The number of benzene rings is 1. The van der Waals surface area contributed by atoms with E-state index in [1.54, 1.807) is 0 Å². The fraction of sp³-hybridized carbons (Fsp3) is 0.583. The Labute approximate surface area is 196 Å². The van der Waals surface area contributed by atoms with Gasteiger partial charge in [0.2, 0.25) is 0 Å². The summed E-state index contributed by atoms with van der Waals surface area (Å²) in [7, 11) is 0. The van der Waals surface area contributed by atoms with Crippen LogP contribution in [-0.2, 0) is 32.5 Å². The molecule has 1 aromatic rings. The molecule has 0 aliphatic heterocycles. The van der Waals surface area contributed by atoms with E-state index in [0.29, 0.717) is 0 Å². The summed E-state index contributed by atoms with van der Waals surface area (Å²) in [6, 6.07) is 9.98. The summed E-state index contributed by atoms with van der Waals surface area (Å²) in [6.45, 7) is 24.3. The first kappa shape index (κ1) is 31.7. The maximum absolute atomic E-state index is 3.52. The predicted molar refractivity (Wildman–Crippen MR) is 107 cm³/mol. The molecule has 1 aliphatic rings. The van der Waals surface area contributed by atoms with Gasteiger partial charge in [-0.2, -0.15) is 46.5 Å². The summed E-state index contributed by atoms with van der Waals surface area (Å²) in [4.78, 5) is 0. The van der Waals surface area contributed by atoms with Gasteiger partial charge in [-0.3, -0.25) is 6.08 Å². The zero-order chi connectivity index (χ0) is 18.9. The van der Waals surface area contributed by atoms with E-state index in [1.165, 1.54) is 27.8 Å². The summed E-state index contributed by atoms with van der Waals surface area (Å²) in [5, 5.41) is 0. The molecule has 3 heteroatoms. The van der Waals surface area contributed by atoms with Crippen molar-refractivity contribution in [2.75, 3.05) is 0 Å². The number of hydrogen-bond acceptors (Lipinski definition) is 0. The summed E-state index contributed by atoms with van der Waals surface area (Å²) in [5.41, 5.74) is 7.38. The maximum atomic E-state index is 3.52.